The van der Waals surface area contributed by atoms with E-state index in [4.69, 9.17) is 4.74 Å². The van der Waals surface area contributed by atoms with E-state index < -0.39 is 5.97 Å². The molecule has 0 bridgehead atoms. The van der Waals surface area contributed by atoms with Gasteiger partial charge in [-0.25, -0.2) is 4.79 Å². The molecule has 0 radical (unpaired) electrons. The monoisotopic (exact) mass is 368 g/mol. The van der Waals surface area contributed by atoms with Gasteiger partial charge < -0.3 is 14.2 Å². The number of esters is 1. The van der Waals surface area contributed by atoms with E-state index in [2.05, 4.69) is 0 Å². The zero-order valence-corrected chi connectivity index (χ0v) is 16.6. The first-order chi connectivity index (χ1) is 12.9. The Morgan fingerprint density at radius 3 is 2.48 bits per heavy atom. The molecule has 3 rings (SSSR count). The van der Waals surface area contributed by atoms with Gasteiger partial charge in [-0.3, -0.25) is 4.79 Å². The van der Waals surface area contributed by atoms with Crippen LogP contribution in [0.1, 0.15) is 53.5 Å². The van der Waals surface area contributed by atoms with Crippen molar-refractivity contribution in [2.45, 2.75) is 53.0 Å². The zero-order valence-electron chi connectivity index (χ0n) is 16.6. The van der Waals surface area contributed by atoms with E-state index in [0.29, 0.717) is 5.56 Å². The van der Waals surface area contributed by atoms with Crippen molar-refractivity contribution in [3.8, 4) is 5.69 Å². The molecule has 0 aliphatic carbocycles. The number of aromatic nitrogens is 1. The molecule has 1 fully saturated rings. The fourth-order valence-electron chi connectivity index (χ4n) is 3.82. The summed E-state index contributed by atoms with van der Waals surface area (Å²) in [6.45, 7) is 8.51. The smallest absolute Gasteiger partial charge is 0.340 e. The molecule has 1 aliphatic heterocycles. The van der Waals surface area contributed by atoms with Crippen molar-refractivity contribution in [2.24, 2.45) is 0 Å². The lowest BCUT2D eigenvalue weighted by atomic mass is 10.0. The fraction of sp³-hybridized carbons (Fsp3) is 0.455. The first kappa shape index (κ1) is 19.2. The Bertz CT molecular complexity index is 836. The number of amides is 1. The second kappa shape index (κ2) is 7.99. The largest absolute Gasteiger partial charge is 0.452 e. The summed E-state index contributed by atoms with van der Waals surface area (Å²) in [5, 5.41) is 0. The molecular formula is C22H28N2O3. The van der Waals surface area contributed by atoms with E-state index >= 15 is 0 Å². The summed E-state index contributed by atoms with van der Waals surface area (Å²) in [6, 6.07) is 10.2. The number of piperidine rings is 1. The molecule has 5 nitrogen and oxygen atoms in total. The Hall–Kier alpha value is -2.56. The molecule has 0 spiro atoms. The second-order valence-corrected chi connectivity index (χ2v) is 7.46. The molecule has 2 aromatic rings. The van der Waals surface area contributed by atoms with E-state index in [-0.39, 0.29) is 18.6 Å². The summed E-state index contributed by atoms with van der Waals surface area (Å²) in [4.78, 5) is 26.8. The molecule has 144 valence electrons. The van der Waals surface area contributed by atoms with Gasteiger partial charge in [0.15, 0.2) is 6.61 Å². The van der Waals surface area contributed by atoms with Crippen molar-refractivity contribution in [1.29, 1.82) is 0 Å². The Labute approximate surface area is 160 Å². The summed E-state index contributed by atoms with van der Waals surface area (Å²) < 4.78 is 7.38. The van der Waals surface area contributed by atoms with Crippen LogP contribution in [0.5, 0.6) is 0 Å². The molecule has 1 aromatic heterocycles. The lowest BCUT2D eigenvalue weighted by molar-refractivity contribution is -0.137. The molecule has 1 amide bonds. The SMILES string of the molecule is Cc1ccc(-n2c(C)cc(C(=O)OCC(=O)N3CCCC[C@H]3C)c2C)cc1. The van der Waals surface area contributed by atoms with Crippen molar-refractivity contribution in [2.75, 3.05) is 13.2 Å². The highest BCUT2D eigenvalue weighted by Crippen LogP contribution is 2.22. The highest BCUT2D eigenvalue weighted by molar-refractivity contribution is 5.93. The van der Waals surface area contributed by atoms with Gasteiger partial charge in [-0.15, -0.1) is 0 Å². The number of hydrogen-bond donors (Lipinski definition) is 0. The molecule has 5 heteroatoms. The highest BCUT2D eigenvalue weighted by Gasteiger charge is 2.25. The van der Waals surface area contributed by atoms with Crippen LogP contribution in [0.2, 0.25) is 0 Å². The molecule has 1 aliphatic rings. The first-order valence-corrected chi connectivity index (χ1v) is 9.61. The van der Waals surface area contributed by atoms with Gasteiger partial charge in [0.1, 0.15) is 0 Å². The fourth-order valence-corrected chi connectivity index (χ4v) is 3.82. The van der Waals surface area contributed by atoms with E-state index in [0.717, 1.165) is 42.9 Å². The zero-order chi connectivity index (χ0) is 19.6. The van der Waals surface area contributed by atoms with E-state index in [1.54, 1.807) is 0 Å². The third kappa shape index (κ3) is 4.07. The molecule has 0 N–H and O–H groups in total. The maximum absolute atomic E-state index is 12.6. The number of carbonyl (C=O) groups excluding carboxylic acids is 2. The quantitative estimate of drug-likeness (QED) is 0.768. The lowest BCUT2D eigenvalue weighted by Crippen LogP contribution is -2.44. The lowest BCUT2D eigenvalue weighted by Gasteiger charge is -2.33. The number of hydrogen-bond acceptors (Lipinski definition) is 3. The van der Waals surface area contributed by atoms with Crippen LogP contribution >= 0.6 is 0 Å². The molecule has 1 saturated heterocycles. The maximum Gasteiger partial charge on any atom is 0.340 e. The molecule has 0 unspecified atom stereocenters. The standard InChI is InChI=1S/C22H28N2O3/c1-15-8-10-19(11-9-15)24-17(3)13-20(18(24)4)22(26)27-14-21(25)23-12-6-5-7-16(23)2/h8-11,13,16H,5-7,12,14H2,1-4H3/t16-/m1/s1. The van der Waals surface area contributed by atoms with Crippen LogP contribution in [0.3, 0.4) is 0 Å². The summed E-state index contributed by atoms with van der Waals surface area (Å²) in [6.07, 6.45) is 3.18. The third-order valence-electron chi connectivity index (χ3n) is 5.39. The summed E-state index contributed by atoms with van der Waals surface area (Å²) in [7, 11) is 0. The normalized spacial score (nSPS) is 17.0. The van der Waals surface area contributed by atoms with Crippen molar-refractivity contribution >= 4 is 11.9 Å². The van der Waals surface area contributed by atoms with Gasteiger partial charge in [-0.1, -0.05) is 17.7 Å². The molecule has 27 heavy (non-hydrogen) atoms. The van der Waals surface area contributed by atoms with Gasteiger partial charge in [-0.05, 0) is 65.2 Å². The van der Waals surface area contributed by atoms with Crippen molar-refractivity contribution in [3.63, 3.8) is 0 Å². The van der Waals surface area contributed by atoms with Gasteiger partial charge in [0, 0.05) is 29.7 Å². The van der Waals surface area contributed by atoms with Gasteiger partial charge in [0.05, 0.1) is 5.56 Å². The van der Waals surface area contributed by atoms with E-state index in [1.807, 2.05) is 67.5 Å². The Kier molecular flexibility index (Phi) is 5.68. The molecule has 1 aromatic carbocycles. The Morgan fingerprint density at radius 1 is 1.11 bits per heavy atom. The second-order valence-electron chi connectivity index (χ2n) is 7.46. The average Bonchev–Trinajstić information content (AvgIpc) is 2.95. The number of benzene rings is 1. The van der Waals surface area contributed by atoms with Crippen LogP contribution in [0.4, 0.5) is 0 Å². The van der Waals surface area contributed by atoms with Gasteiger partial charge in [0.2, 0.25) is 0 Å². The highest BCUT2D eigenvalue weighted by atomic mass is 16.5. The van der Waals surface area contributed by atoms with Gasteiger partial charge >= 0.3 is 5.97 Å². The van der Waals surface area contributed by atoms with Crippen LogP contribution in [0.15, 0.2) is 30.3 Å². The number of rotatable bonds is 4. The van der Waals surface area contributed by atoms with Crippen LogP contribution in [-0.2, 0) is 9.53 Å². The minimum atomic E-state index is -0.445. The summed E-state index contributed by atoms with van der Waals surface area (Å²) in [5.74, 6) is -0.553. The minimum absolute atomic E-state index is 0.108. The first-order valence-electron chi connectivity index (χ1n) is 9.61. The molecule has 1 atom stereocenters. The number of likely N-dealkylation sites (tertiary alicyclic amines) is 1. The van der Waals surface area contributed by atoms with Crippen molar-refractivity contribution in [1.82, 2.24) is 9.47 Å². The van der Waals surface area contributed by atoms with Crippen molar-refractivity contribution < 1.29 is 14.3 Å². The third-order valence-corrected chi connectivity index (χ3v) is 5.39. The number of ether oxygens (including phenoxy) is 1. The van der Waals surface area contributed by atoms with Gasteiger partial charge in [-0.2, -0.15) is 0 Å². The minimum Gasteiger partial charge on any atom is -0.452 e. The van der Waals surface area contributed by atoms with E-state index in [1.165, 1.54) is 5.56 Å². The van der Waals surface area contributed by atoms with Gasteiger partial charge in [0.25, 0.3) is 5.91 Å². The topological polar surface area (TPSA) is 51.5 Å². The number of aryl methyl sites for hydroxylation is 2. The average molecular weight is 368 g/mol. The van der Waals surface area contributed by atoms with Crippen LogP contribution in [0.25, 0.3) is 5.69 Å². The number of carbonyl (C=O) groups is 2. The molecule has 0 saturated carbocycles. The molecular weight excluding hydrogens is 340 g/mol. The Morgan fingerprint density at radius 2 is 1.81 bits per heavy atom. The maximum atomic E-state index is 12.6. The number of nitrogens with zero attached hydrogens (tertiary/aromatic N) is 2. The predicted octanol–water partition coefficient (Wildman–Crippen LogP) is 3.96. The molecule has 2 heterocycles. The van der Waals surface area contributed by atoms with E-state index in [9.17, 15) is 9.59 Å². The van der Waals surface area contributed by atoms with Crippen molar-refractivity contribution in [3.05, 3.63) is 52.8 Å². The Balaban J connectivity index is 1.71. The summed E-state index contributed by atoms with van der Waals surface area (Å²) in [5.41, 5.74) is 4.48. The summed E-state index contributed by atoms with van der Waals surface area (Å²) >= 11 is 0. The van der Waals surface area contributed by atoms with Crippen LogP contribution < -0.4 is 0 Å². The predicted molar refractivity (Wildman–Crippen MR) is 105 cm³/mol. The van der Waals surface area contributed by atoms with Crippen LogP contribution in [0, 0.1) is 20.8 Å². The van der Waals surface area contributed by atoms with Crippen LogP contribution in [-0.4, -0.2) is 40.5 Å².